The van der Waals surface area contributed by atoms with Crippen molar-refractivity contribution in [2.75, 3.05) is 29.6 Å². The number of nitrogen functional groups attached to an aromatic ring is 1. The molecule has 0 aromatic heterocycles. The van der Waals surface area contributed by atoms with Crippen LogP contribution in [0.15, 0.2) is 12.1 Å². The molecular formula is C10H14ClFN2OS. The normalized spacial score (nSPS) is 12.4. The standard InChI is InChI=1S/C10H14ClFN2OS/c1-16(15)4-2-3-14-10-6-8(12)7(11)5-9(10)13/h5-6,14H,2-4,13H2,1H3. The van der Waals surface area contributed by atoms with Crippen LogP contribution in [0.25, 0.3) is 0 Å². The molecule has 90 valence electrons. The number of hydrogen-bond donors (Lipinski definition) is 2. The Morgan fingerprint density at radius 1 is 1.56 bits per heavy atom. The van der Waals surface area contributed by atoms with Gasteiger partial charge in [0.25, 0.3) is 0 Å². The van der Waals surface area contributed by atoms with Crippen LogP contribution in [0.2, 0.25) is 5.02 Å². The summed E-state index contributed by atoms with van der Waals surface area (Å²) in [5, 5.41) is 2.99. The van der Waals surface area contributed by atoms with Gasteiger partial charge in [0.2, 0.25) is 0 Å². The lowest BCUT2D eigenvalue weighted by Crippen LogP contribution is -2.08. The molecule has 0 saturated carbocycles. The molecule has 0 heterocycles. The topological polar surface area (TPSA) is 55.1 Å². The summed E-state index contributed by atoms with van der Waals surface area (Å²) < 4.78 is 23.9. The summed E-state index contributed by atoms with van der Waals surface area (Å²) in [5.41, 5.74) is 6.58. The zero-order valence-electron chi connectivity index (χ0n) is 8.93. The van der Waals surface area contributed by atoms with Crippen LogP contribution in [0.1, 0.15) is 6.42 Å². The van der Waals surface area contributed by atoms with Crippen LogP contribution in [0.3, 0.4) is 0 Å². The zero-order chi connectivity index (χ0) is 12.1. The van der Waals surface area contributed by atoms with Crippen molar-refractivity contribution in [3.05, 3.63) is 23.0 Å². The maximum absolute atomic E-state index is 13.1. The SMILES string of the molecule is CS(=O)CCCNc1cc(F)c(Cl)cc1N. The minimum Gasteiger partial charge on any atom is -0.397 e. The third-order valence-electron chi connectivity index (χ3n) is 2.02. The molecule has 0 saturated heterocycles. The van der Waals surface area contributed by atoms with Gasteiger partial charge in [-0.15, -0.1) is 0 Å². The summed E-state index contributed by atoms with van der Waals surface area (Å²) in [7, 11) is -0.803. The van der Waals surface area contributed by atoms with E-state index in [1.165, 1.54) is 12.1 Å². The minimum atomic E-state index is -0.803. The van der Waals surface area contributed by atoms with E-state index >= 15 is 0 Å². The number of rotatable bonds is 5. The van der Waals surface area contributed by atoms with Crippen LogP contribution in [0, 0.1) is 5.82 Å². The van der Waals surface area contributed by atoms with Crippen molar-refractivity contribution in [2.45, 2.75) is 6.42 Å². The summed E-state index contributed by atoms with van der Waals surface area (Å²) in [6, 6.07) is 2.64. The third-order valence-corrected chi connectivity index (χ3v) is 3.17. The van der Waals surface area contributed by atoms with Crippen LogP contribution < -0.4 is 11.1 Å². The van der Waals surface area contributed by atoms with Gasteiger partial charge < -0.3 is 11.1 Å². The smallest absolute Gasteiger partial charge is 0.143 e. The molecule has 1 rings (SSSR count). The van der Waals surface area contributed by atoms with Crippen LogP contribution in [0.4, 0.5) is 15.8 Å². The molecule has 16 heavy (non-hydrogen) atoms. The van der Waals surface area contributed by atoms with E-state index in [0.29, 0.717) is 23.7 Å². The zero-order valence-corrected chi connectivity index (χ0v) is 10.5. The summed E-state index contributed by atoms with van der Waals surface area (Å²) in [6.45, 7) is 0.602. The van der Waals surface area contributed by atoms with Gasteiger partial charge in [0.1, 0.15) is 5.82 Å². The maximum atomic E-state index is 13.1. The Kier molecular flexibility index (Phi) is 5.02. The Hall–Kier alpha value is -0.810. The van der Waals surface area contributed by atoms with Crippen molar-refractivity contribution in [3.63, 3.8) is 0 Å². The largest absolute Gasteiger partial charge is 0.397 e. The van der Waals surface area contributed by atoms with E-state index in [0.717, 1.165) is 6.42 Å². The van der Waals surface area contributed by atoms with Crippen molar-refractivity contribution in [2.24, 2.45) is 0 Å². The Bertz CT molecular complexity index is 401. The summed E-state index contributed by atoms with van der Waals surface area (Å²) >= 11 is 5.57. The molecule has 0 aliphatic heterocycles. The lowest BCUT2D eigenvalue weighted by Gasteiger charge is -2.09. The van der Waals surface area contributed by atoms with E-state index in [9.17, 15) is 8.60 Å². The first-order valence-electron chi connectivity index (χ1n) is 4.79. The lowest BCUT2D eigenvalue weighted by atomic mass is 10.2. The van der Waals surface area contributed by atoms with Crippen molar-refractivity contribution >= 4 is 33.8 Å². The summed E-state index contributed by atoms with van der Waals surface area (Å²) in [6.07, 6.45) is 2.39. The van der Waals surface area contributed by atoms with E-state index in [2.05, 4.69) is 5.32 Å². The summed E-state index contributed by atoms with van der Waals surface area (Å²) in [4.78, 5) is 0. The highest BCUT2D eigenvalue weighted by molar-refractivity contribution is 7.84. The number of nitrogens with one attached hydrogen (secondary N) is 1. The van der Waals surface area contributed by atoms with Gasteiger partial charge in [-0.05, 0) is 12.5 Å². The highest BCUT2D eigenvalue weighted by Crippen LogP contribution is 2.25. The van der Waals surface area contributed by atoms with E-state index in [4.69, 9.17) is 17.3 Å². The maximum Gasteiger partial charge on any atom is 0.143 e. The fourth-order valence-corrected chi connectivity index (χ4v) is 1.94. The van der Waals surface area contributed by atoms with Gasteiger partial charge in [0.15, 0.2) is 0 Å². The van der Waals surface area contributed by atoms with E-state index < -0.39 is 16.6 Å². The molecule has 0 bridgehead atoms. The molecule has 3 N–H and O–H groups in total. The van der Waals surface area contributed by atoms with Crippen LogP contribution in [0.5, 0.6) is 0 Å². The molecule has 6 heteroatoms. The Labute approximate surface area is 102 Å². The molecule has 0 radical (unpaired) electrons. The van der Waals surface area contributed by atoms with Crippen LogP contribution in [-0.2, 0) is 10.8 Å². The van der Waals surface area contributed by atoms with Crippen LogP contribution >= 0.6 is 11.6 Å². The van der Waals surface area contributed by atoms with Crippen molar-refractivity contribution in [3.8, 4) is 0 Å². The molecule has 0 fully saturated rings. The first-order chi connectivity index (χ1) is 7.50. The Morgan fingerprint density at radius 2 is 2.25 bits per heavy atom. The number of hydrogen-bond acceptors (Lipinski definition) is 3. The van der Waals surface area contributed by atoms with Gasteiger partial charge in [-0.25, -0.2) is 4.39 Å². The van der Waals surface area contributed by atoms with Gasteiger partial charge in [-0.1, -0.05) is 11.6 Å². The number of halogens is 2. The number of benzene rings is 1. The predicted octanol–water partition coefficient (Wildman–Crippen LogP) is 2.24. The fraction of sp³-hybridized carbons (Fsp3) is 0.400. The molecule has 0 aliphatic carbocycles. The first kappa shape index (κ1) is 13.3. The molecule has 0 aliphatic rings. The monoisotopic (exact) mass is 264 g/mol. The van der Waals surface area contributed by atoms with Crippen molar-refractivity contribution in [1.29, 1.82) is 0 Å². The molecule has 1 unspecified atom stereocenters. The molecular weight excluding hydrogens is 251 g/mol. The first-order valence-corrected chi connectivity index (χ1v) is 6.89. The van der Waals surface area contributed by atoms with Gasteiger partial charge >= 0.3 is 0 Å². The van der Waals surface area contributed by atoms with Gasteiger partial charge in [-0.2, -0.15) is 0 Å². The van der Waals surface area contributed by atoms with Crippen molar-refractivity contribution < 1.29 is 8.60 Å². The molecule has 1 atom stereocenters. The lowest BCUT2D eigenvalue weighted by molar-refractivity contribution is 0.629. The second kappa shape index (κ2) is 6.06. The van der Waals surface area contributed by atoms with E-state index in [-0.39, 0.29) is 5.02 Å². The molecule has 3 nitrogen and oxygen atoms in total. The molecule has 0 spiro atoms. The number of anilines is 2. The second-order valence-electron chi connectivity index (χ2n) is 3.41. The molecule has 1 aromatic carbocycles. The Morgan fingerprint density at radius 3 is 2.88 bits per heavy atom. The van der Waals surface area contributed by atoms with E-state index in [1.807, 2.05) is 0 Å². The summed E-state index contributed by atoms with van der Waals surface area (Å²) in [5.74, 6) is 0.112. The molecule has 0 amide bonds. The highest BCUT2D eigenvalue weighted by atomic mass is 35.5. The second-order valence-corrected chi connectivity index (χ2v) is 5.37. The van der Waals surface area contributed by atoms with E-state index in [1.54, 1.807) is 6.26 Å². The fourth-order valence-electron chi connectivity index (χ4n) is 1.21. The Balaban J connectivity index is 2.54. The predicted molar refractivity (Wildman–Crippen MR) is 67.9 cm³/mol. The average Bonchev–Trinajstić information content (AvgIpc) is 2.19. The number of nitrogens with two attached hydrogens (primary N) is 1. The van der Waals surface area contributed by atoms with Gasteiger partial charge in [0.05, 0.1) is 16.4 Å². The average molecular weight is 265 g/mol. The molecule has 1 aromatic rings. The van der Waals surface area contributed by atoms with Gasteiger partial charge in [0, 0.05) is 35.4 Å². The quantitative estimate of drug-likeness (QED) is 0.634. The van der Waals surface area contributed by atoms with Gasteiger partial charge in [-0.3, -0.25) is 4.21 Å². The highest BCUT2D eigenvalue weighted by Gasteiger charge is 2.05. The third kappa shape index (κ3) is 3.98. The van der Waals surface area contributed by atoms with Crippen molar-refractivity contribution in [1.82, 2.24) is 0 Å². The minimum absolute atomic E-state index is 0.0118. The van der Waals surface area contributed by atoms with Crippen LogP contribution in [-0.4, -0.2) is 22.8 Å².